The van der Waals surface area contributed by atoms with Crippen molar-refractivity contribution < 1.29 is 4.84 Å². The van der Waals surface area contributed by atoms with E-state index < -0.39 is 0 Å². The van der Waals surface area contributed by atoms with E-state index in [-0.39, 0.29) is 5.60 Å². The standard InChI is InChI=1S/C12H23NO/c1-4-6-8-12(9-7-5-2)10-11(3)13-14-12/h4-10H2,1-3H3. The van der Waals surface area contributed by atoms with Gasteiger partial charge >= 0.3 is 0 Å². The molecule has 0 radical (unpaired) electrons. The van der Waals surface area contributed by atoms with Gasteiger partial charge in [0.1, 0.15) is 5.60 Å². The molecule has 0 unspecified atom stereocenters. The van der Waals surface area contributed by atoms with E-state index in [0.29, 0.717) is 0 Å². The van der Waals surface area contributed by atoms with Gasteiger partial charge in [-0.3, -0.25) is 0 Å². The zero-order chi connectivity index (χ0) is 10.4. The summed E-state index contributed by atoms with van der Waals surface area (Å²) in [4.78, 5) is 5.64. The van der Waals surface area contributed by atoms with Gasteiger partial charge in [-0.1, -0.05) is 31.8 Å². The Morgan fingerprint density at radius 1 is 1.21 bits per heavy atom. The SMILES string of the molecule is CCCCC1(CCCC)CC(C)=NO1. The third kappa shape index (κ3) is 3.00. The van der Waals surface area contributed by atoms with Crippen LogP contribution in [0.4, 0.5) is 0 Å². The second-order valence-electron chi connectivity index (χ2n) is 4.48. The minimum absolute atomic E-state index is 0.0656. The molecule has 0 atom stereocenters. The summed E-state index contributed by atoms with van der Waals surface area (Å²) in [6.07, 6.45) is 8.40. The van der Waals surface area contributed by atoms with Crippen LogP contribution in [-0.2, 0) is 4.84 Å². The molecule has 0 aromatic carbocycles. The smallest absolute Gasteiger partial charge is 0.143 e. The number of hydrogen-bond acceptors (Lipinski definition) is 2. The van der Waals surface area contributed by atoms with Crippen molar-refractivity contribution >= 4 is 5.71 Å². The molecule has 2 heteroatoms. The molecule has 0 amide bonds. The van der Waals surface area contributed by atoms with Gasteiger partial charge in [0, 0.05) is 6.42 Å². The highest BCUT2D eigenvalue weighted by molar-refractivity contribution is 5.83. The van der Waals surface area contributed by atoms with Crippen LogP contribution in [0.15, 0.2) is 5.16 Å². The van der Waals surface area contributed by atoms with Crippen molar-refractivity contribution in [3.05, 3.63) is 0 Å². The normalized spacial score (nSPS) is 19.2. The van der Waals surface area contributed by atoms with Gasteiger partial charge in [0.05, 0.1) is 5.71 Å². The van der Waals surface area contributed by atoms with Gasteiger partial charge in [-0.15, -0.1) is 0 Å². The molecular formula is C12H23NO. The van der Waals surface area contributed by atoms with E-state index in [1.807, 2.05) is 0 Å². The second kappa shape index (κ2) is 5.38. The van der Waals surface area contributed by atoms with Crippen LogP contribution in [0.3, 0.4) is 0 Å². The Hall–Kier alpha value is -0.530. The van der Waals surface area contributed by atoms with Crippen LogP contribution in [0.2, 0.25) is 0 Å². The Balaban J connectivity index is 2.44. The summed E-state index contributed by atoms with van der Waals surface area (Å²) in [6.45, 7) is 6.53. The molecule has 0 fully saturated rings. The molecule has 0 bridgehead atoms. The Kier molecular flexibility index (Phi) is 4.43. The first-order chi connectivity index (χ1) is 6.72. The van der Waals surface area contributed by atoms with Crippen LogP contribution in [-0.4, -0.2) is 11.3 Å². The first kappa shape index (κ1) is 11.5. The van der Waals surface area contributed by atoms with Gasteiger partial charge in [-0.25, -0.2) is 0 Å². The van der Waals surface area contributed by atoms with E-state index in [2.05, 4.69) is 25.9 Å². The zero-order valence-electron chi connectivity index (χ0n) is 9.81. The van der Waals surface area contributed by atoms with Crippen molar-refractivity contribution in [3.8, 4) is 0 Å². The number of rotatable bonds is 6. The Bertz CT molecular complexity index is 190. The third-order valence-corrected chi connectivity index (χ3v) is 2.95. The monoisotopic (exact) mass is 197 g/mol. The molecule has 1 rings (SSSR count). The van der Waals surface area contributed by atoms with Crippen LogP contribution in [0, 0.1) is 0 Å². The number of unbranched alkanes of at least 4 members (excludes halogenated alkanes) is 2. The van der Waals surface area contributed by atoms with Gasteiger partial charge in [0.25, 0.3) is 0 Å². The fraction of sp³-hybridized carbons (Fsp3) is 0.917. The molecule has 0 spiro atoms. The lowest BCUT2D eigenvalue weighted by molar-refractivity contribution is -0.0343. The topological polar surface area (TPSA) is 21.6 Å². The molecular weight excluding hydrogens is 174 g/mol. The van der Waals surface area contributed by atoms with Crippen LogP contribution in [0.5, 0.6) is 0 Å². The van der Waals surface area contributed by atoms with Crippen LogP contribution < -0.4 is 0 Å². The van der Waals surface area contributed by atoms with Gasteiger partial charge in [-0.05, 0) is 32.6 Å². The Morgan fingerprint density at radius 3 is 2.14 bits per heavy atom. The maximum Gasteiger partial charge on any atom is 0.143 e. The average Bonchev–Trinajstić information content (AvgIpc) is 2.55. The summed E-state index contributed by atoms with van der Waals surface area (Å²) < 4.78 is 0. The molecule has 14 heavy (non-hydrogen) atoms. The number of nitrogens with zero attached hydrogens (tertiary/aromatic N) is 1. The average molecular weight is 197 g/mol. The fourth-order valence-corrected chi connectivity index (χ4v) is 2.10. The third-order valence-electron chi connectivity index (χ3n) is 2.95. The largest absolute Gasteiger partial charge is 0.389 e. The van der Waals surface area contributed by atoms with E-state index in [1.165, 1.54) is 38.5 Å². The highest BCUT2D eigenvalue weighted by Gasteiger charge is 2.36. The molecule has 0 aliphatic carbocycles. The molecule has 1 aliphatic heterocycles. The molecule has 2 nitrogen and oxygen atoms in total. The van der Waals surface area contributed by atoms with E-state index in [9.17, 15) is 0 Å². The van der Waals surface area contributed by atoms with E-state index >= 15 is 0 Å². The van der Waals surface area contributed by atoms with Crippen LogP contribution >= 0.6 is 0 Å². The minimum Gasteiger partial charge on any atom is -0.389 e. The van der Waals surface area contributed by atoms with Gasteiger partial charge in [0.2, 0.25) is 0 Å². The number of hydrogen-bond donors (Lipinski definition) is 0. The lowest BCUT2D eigenvalue weighted by Crippen LogP contribution is -2.28. The highest BCUT2D eigenvalue weighted by atomic mass is 16.7. The van der Waals surface area contributed by atoms with Gasteiger partial charge in [0.15, 0.2) is 0 Å². The molecule has 0 saturated carbocycles. The quantitative estimate of drug-likeness (QED) is 0.632. The van der Waals surface area contributed by atoms with Crippen LogP contribution in [0.25, 0.3) is 0 Å². The second-order valence-corrected chi connectivity index (χ2v) is 4.48. The van der Waals surface area contributed by atoms with Crippen molar-refractivity contribution in [1.29, 1.82) is 0 Å². The minimum atomic E-state index is 0.0656. The maximum atomic E-state index is 5.64. The molecule has 0 saturated heterocycles. The maximum absolute atomic E-state index is 5.64. The molecule has 0 aromatic heterocycles. The Labute approximate surface area is 87.7 Å². The number of oxime groups is 1. The zero-order valence-corrected chi connectivity index (χ0v) is 9.81. The van der Waals surface area contributed by atoms with Crippen molar-refractivity contribution in [2.24, 2.45) is 5.16 Å². The van der Waals surface area contributed by atoms with E-state index in [4.69, 9.17) is 4.84 Å². The summed E-state index contributed by atoms with van der Waals surface area (Å²) >= 11 is 0. The van der Waals surface area contributed by atoms with Gasteiger partial charge < -0.3 is 4.84 Å². The van der Waals surface area contributed by atoms with Crippen molar-refractivity contribution in [2.75, 3.05) is 0 Å². The lowest BCUT2D eigenvalue weighted by Gasteiger charge is -2.26. The van der Waals surface area contributed by atoms with E-state index in [0.717, 1.165) is 12.1 Å². The summed E-state index contributed by atoms with van der Waals surface area (Å²) in [6, 6.07) is 0. The Morgan fingerprint density at radius 2 is 1.79 bits per heavy atom. The molecule has 1 heterocycles. The van der Waals surface area contributed by atoms with Crippen molar-refractivity contribution in [1.82, 2.24) is 0 Å². The molecule has 0 N–H and O–H groups in total. The van der Waals surface area contributed by atoms with Crippen molar-refractivity contribution in [3.63, 3.8) is 0 Å². The summed E-state index contributed by atoms with van der Waals surface area (Å²) in [5, 5.41) is 4.11. The van der Waals surface area contributed by atoms with E-state index in [1.54, 1.807) is 0 Å². The lowest BCUT2D eigenvalue weighted by atomic mass is 9.87. The molecule has 82 valence electrons. The molecule has 1 aliphatic rings. The van der Waals surface area contributed by atoms with Gasteiger partial charge in [-0.2, -0.15) is 0 Å². The fourth-order valence-electron chi connectivity index (χ4n) is 2.10. The predicted octanol–water partition coefficient (Wildman–Crippen LogP) is 3.90. The highest BCUT2D eigenvalue weighted by Crippen LogP contribution is 2.34. The first-order valence-electron chi connectivity index (χ1n) is 5.94. The summed E-state index contributed by atoms with van der Waals surface area (Å²) in [7, 11) is 0. The van der Waals surface area contributed by atoms with Crippen LogP contribution in [0.1, 0.15) is 65.7 Å². The summed E-state index contributed by atoms with van der Waals surface area (Å²) in [5.41, 5.74) is 1.23. The van der Waals surface area contributed by atoms with Crippen molar-refractivity contribution in [2.45, 2.75) is 71.3 Å². The molecule has 0 aromatic rings. The predicted molar refractivity (Wildman–Crippen MR) is 60.6 cm³/mol. The summed E-state index contributed by atoms with van der Waals surface area (Å²) in [5.74, 6) is 0. The first-order valence-corrected chi connectivity index (χ1v) is 5.94.